The van der Waals surface area contributed by atoms with Crippen LogP contribution in [-0.4, -0.2) is 21.7 Å². The van der Waals surface area contributed by atoms with Crippen molar-refractivity contribution in [3.05, 3.63) is 55.4 Å². The second-order valence-electron chi connectivity index (χ2n) is 4.78. The molecule has 0 fully saturated rings. The molecule has 0 aliphatic rings. The van der Waals surface area contributed by atoms with E-state index < -0.39 is 0 Å². The van der Waals surface area contributed by atoms with Crippen LogP contribution in [0.25, 0.3) is 5.13 Å². The first-order valence-corrected chi connectivity index (χ1v) is 9.22. The quantitative estimate of drug-likeness (QED) is 0.520. The molecule has 3 aromatic heterocycles. The Balaban J connectivity index is 1.76. The van der Waals surface area contributed by atoms with Crippen LogP contribution in [0.15, 0.2) is 38.7 Å². The fourth-order valence-corrected chi connectivity index (χ4v) is 4.22. The Bertz CT molecular complexity index is 864. The lowest BCUT2D eigenvalue weighted by atomic mass is 10.3. The molecule has 1 amide bonds. The van der Waals surface area contributed by atoms with Gasteiger partial charge in [0, 0.05) is 28.5 Å². The van der Waals surface area contributed by atoms with Crippen LogP contribution >= 0.6 is 38.6 Å². The molecule has 0 atom stereocenters. The Morgan fingerprint density at radius 2 is 2.26 bits per heavy atom. The van der Waals surface area contributed by atoms with Crippen molar-refractivity contribution in [3.63, 3.8) is 0 Å². The lowest BCUT2D eigenvalue weighted by molar-refractivity contribution is 0.0959. The lowest BCUT2D eigenvalue weighted by Gasteiger charge is -2.04. The van der Waals surface area contributed by atoms with E-state index in [4.69, 9.17) is 0 Å². The topological polar surface area (TPSA) is 59.3 Å². The third-order valence-corrected chi connectivity index (χ3v) is 5.63. The van der Waals surface area contributed by atoms with Crippen molar-refractivity contribution in [1.29, 1.82) is 0 Å². The summed E-state index contributed by atoms with van der Waals surface area (Å²) in [4.78, 5) is 16.9. The molecule has 3 aromatic rings. The van der Waals surface area contributed by atoms with Crippen molar-refractivity contribution in [2.45, 2.75) is 13.8 Å². The first-order chi connectivity index (χ1) is 11.1. The van der Waals surface area contributed by atoms with E-state index in [9.17, 15) is 4.79 Å². The monoisotopic (exact) mass is 408 g/mol. The van der Waals surface area contributed by atoms with Crippen LogP contribution in [0, 0.1) is 13.8 Å². The Hall–Kier alpha value is -1.77. The van der Waals surface area contributed by atoms with Gasteiger partial charge in [-0.3, -0.25) is 9.36 Å². The van der Waals surface area contributed by atoms with Crippen molar-refractivity contribution in [2.75, 3.05) is 0 Å². The molecule has 0 saturated carbocycles. The van der Waals surface area contributed by atoms with Crippen molar-refractivity contribution in [1.82, 2.24) is 15.0 Å². The maximum atomic E-state index is 11.9. The largest absolute Gasteiger partial charge is 0.294 e. The minimum Gasteiger partial charge on any atom is -0.294 e. The Labute approximate surface area is 149 Å². The summed E-state index contributed by atoms with van der Waals surface area (Å²) >= 11 is 6.29. The highest BCUT2D eigenvalue weighted by atomic mass is 79.9. The average Bonchev–Trinajstić information content (AvgIpc) is 3.22. The highest BCUT2D eigenvalue weighted by Crippen LogP contribution is 2.22. The number of thiophene rings is 1. The molecule has 0 aliphatic heterocycles. The molecule has 0 bridgehead atoms. The van der Waals surface area contributed by atoms with Crippen LogP contribution in [0.1, 0.15) is 26.6 Å². The molecule has 0 radical (unpaired) electrons. The number of carbonyl (C=O) groups is 1. The highest BCUT2D eigenvalue weighted by molar-refractivity contribution is 9.11. The summed E-state index contributed by atoms with van der Waals surface area (Å²) in [6.45, 7) is 4.03. The van der Waals surface area contributed by atoms with E-state index in [1.165, 1.54) is 11.3 Å². The van der Waals surface area contributed by atoms with Crippen LogP contribution in [0.4, 0.5) is 0 Å². The van der Waals surface area contributed by atoms with Gasteiger partial charge in [0.2, 0.25) is 0 Å². The van der Waals surface area contributed by atoms with Gasteiger partial charge in [-0.1, -0.05) is 0 Å². The molecule has 0 saturated heterocycles. The predicted molar refractivity (Wildman–Crippen MR) is 98.0 cm³/mol. The van der Waals surface area contributed by atoms with Gasteiger partial charge in [0.15, 0.2) is 5.13 Å². The molecule has 8 heteroatoms. The SMILES string of the molecule is Cc1cc(/C=N\NC(=O)c2ccc(Br)s2)c(C)n1-c1nccs1. The summed E-state index contributed by atoms with van der Waals surface area (Å²) < 4.78 is 2.99. The van der Waals surface area contributed by atoms with E-state index in [2.05, 4.69) is 36.0 Å². The number of carbonyl (C=O) groups excluding carboxylic acids is 1. The summed E-state index contributed by atoms with van der Waals surface area (Å²) in [7, 11) is 0. The van der Waals surface area contributed by atoms with Gasteiger partial charge in [0.05, 0.1) is 14.9 Å². The second-order valence-corrected chi connectivity index (χ2v) is 8.12. The molecule has 3 heterocycles. The third kappa shape index (κ3) is 3.44. The van der Waals surface area contributed by atoms with Crippen molar-refractivity contribution in [3.8, 4) is 5.13 Å². The zero-order chi connectivity index (χ0) is 16.4. The van der Waals surface area contributed by atoms with E-state index in [1.807, 2.05) is 31.4 Å². The number of nitrogens with zero attached hydrogens (tertiary/aromatic N) is 3. The zero-order valence-electron chi connectivity index (χ0n) is 12.4. The van der Waals surface area contributed by atoms with Crippen molar-refractivity contribution < 1.29 is 4.79 Å². The molecule has 0 unspecified atom stereocenters. The first-order valence-electron chi connectivity index (χ1n) is 6.74. The van der Waals surface area contributed by atoms with Gasteiger partial charge in [-0.15, -0.1) is 22.7 Å². The van der Waals surface area contributed by atoms with Gasteiger partial charge in [-0.25, -0.2) is 10.4 Å². The molecular weight excluding hydrogens is 396 g/mol. The standard InChI is InChI=1S/C15H13BrN4OS2/c1-9-7-11(10(2)20(9)15-17-5-6-22-15)8-18-19-14(21)12-3-4-13(16)23-12/h3-8H,1-2H3,(H,19,21)/b18-8-. The molecule has 118 valence electrons. The zero-order valence-corrected chi connectivity index (χ0v) is 15.6. The molecule has 23 heavy (non-hydrogen) atoms. The van der Waals surface area contributed by atoms with Gasteiger partial charge >= 0.3 is 0 Å². The van der Waals surface area contributed by atoms with Crippen molar-refractivity contribution in [2.24, 2.45) is 5.10 Å². The number of hydrazone groups is 1. The van der Waals surface area contributed by atoms with E-state index in [-0.39, 0.29) is 5.91 Å². The number of aromatic nitrogens is 2. The molecule has 0 spiro atoms. The lowest BCUT2D eigenvalue weighted by Crippen LogP contribution is -2.16. The normalized spacial score (nSPS) is 11.3. The Morgan fingerprint density at radius 3 is 2.91 bits per heavy atom. The Morgan fingerprint density at radius 1 is 1.43 bits per heavy atom. The van der Waals surface area contributed by atoms with Gasteiger partial charge in [-0.2, -0.15) is 5.10 Å². The predicted octanol–water partition coefficient (Wildman–Crippen LogP) is 4.14. The summed E-state index contributed by atoms with van der Waals surface area (Å²) in [5.41, 5.74) is 5.61. The minimum absolute atomic E-state index is 0.217. The molecular formula is C15H13BrN4OS2. The fourth-order valence-electron chi connectivity index (χ4n) is 2.19. The second kappa shape index (κ2) is 6.77. The minimum atomic E-state index is -0.217. The van der Waals surface area contributed by atoms with Crippen LogP contribution in [0.5, 0.6) is 0 Å². The highest BCUT2D eigenvalue weighted by Gasteiger charge is 2.11. The number of halogens is 1. The van der Waals surface area contributed by atoms with Crippen LogP contribution < -0.4 is 5.43 Å². The number of rotatable bonds is 4. The van der Waals surface area contributed by atoms with Gasteiger partial charge in [0.1, 0.15) is 0 Å². The van der Waals surface area contributed by atoms with Gasteiger partial charge < -0.3 is 0 Å². The molecule has 0 aromatic carbocycles. The smallest absolute Gasteiger partial charge is 0.281 e. The summed E-state index contributed by atoms with van der Waals surface area (Å²) in [5.74, 6) is -0.217. The molecule has 5 nitrogen and oxygen atoms in total. The van der Waals surface area contributed by atoms with Gasteiger partial charge in [0.25, 0.3) is 5.91 Å². The maximum Gasteiger partial charge on any atom is 0.281 e. The van der Waals surface area contributed by atoms with Crippen LogP contribution in [-0.2, 0) is 0 Å². The summed E-state index contributed by atoms with van der Waals surface area (Å²) in [5, 5.41) is 6.93. The fraction of sp³-hybridized carbons (Fsp3) is 0.133. The number of amides is 1. The molecule has 3 rings (SSSR count). The van der Waals surface area contributed by atoms with E-state index in [1.54, 1.807) is 29.8 Å². The third-order valence-electron chi connectivity index (χ3n) is 3.25. The summed E-state index contributed by atoms with van der Waals surface area (Å²) in [6.07, 6.45) is 3.44. The Kier molecular flexibility index (Phi) is 4.74. The van der Waals surface area contributed by atoms with Crippen molar-refractivity contribution >= 4 is 50.7 Å². The number of hydrogen-bond donors (Lipinski definition) is 1. The molecule has 0 aliphatic carbocycles. The summed E-state index contributed by atoms with van der Waals surface area (Å²) in [6, 6.07) is 5.62. The number of hydrogen-bond acceptors (Lipinski definition) is 5. The van der Waals surface area contributed by atoms with Gasteiger partial charge in [-0.05, 0) is 48.0 Å². The van der Waals surface area contributed by atoms with Crippen LogP contribution in [0.2, 0.25) is 0 Å². The van der Waals surface area contributed by atoms with E-state index >= 15 is 0 Å². The molecule has 1 N–H and O–H groups in total. The number of nitrogens with one attached hydrogen (secondary N) is 1. The number of aryl methyl sites for hydroxylation is 1. The van der Waals surface area contributed by atoms with E-state index in [0.717, 1.165) is 25.9 Å². The number of thiazole rings is 1. The van der Waals surface area contributed by atoms with E-state index in [0.29, 0.717) is 4.88 Å². The first kappa shape index (κ1) is 16.1. The van der Waals surface area contributed by atoms with Crippen LogP contribution in [0.3, 0.4) is 0 Å². The maximum absolute atomic E-state index is 11.9. The average molecular weight is 409 g/mol.